The zero-order valence-corrected chi connectivity index (χ0v) is 24.7. The van der Waals surface area contributed by atoms with E-state index in [1.807, 2.05) is 35.0 Å². The zero-order chi connectivity index (χ0) is 31.3. The highest BCUT2D eigenvalue weighted by molar-refractivity contribution is 7.91. The fourth-order valence-electron chi connectivity index (χ4n) is 4.58. The molecule has 0 aliphatic carbocycles. The van der Waals surface area contributed by atoms with Gasteiger partial charge in [0.1, 0.15) is 9.73 Å². The maximum absolute atomic E-state index is 13.2. The molecule has 3 aromatic heterocycles. The van der Waals surface area contributed by atoms with Gasteiger partial charge in [-0.15, -0.1) is 21.5 Å². The highest BCUT2D eigenvalue weighted by Crippen LogP contribution is 2.31. The van der Waals surface area contributed by atoms with Crippen LogP contribution in [0.4, 0.5) is 5.82 Å². The highest BCUT2D eigenvalue weighted by atomic mass is 32.2. The minimum absolute atomic E-state index is 0.0702. The van der Waals surface area contributed by atoms with Crippen LogP contribution in [0.15, 0.2) is 77.0 Å². The number of aromatic nitrogens is 5. The second-order valence-corrected chi connectivity index (χ2v) is 13.0. The van der Waals surface area contributed by atoms with Gasteiger partial charge in [-0.25, -0.2) is 13.1 Å². The van der Waals surface area contributed by atoms with Crippen LogP contribution in [0.25, 0.3) is 11.0 Å². The van der Waals surface area contributed by atoms with Gasteiger partial charge in [0.05, 0.1) is 24.2 Å². The third-order valence-corrected chi connectivity index (χ3v) is 10.3. The number of sulfonamides is 1. The number of para-hydroxylation sites is 1. The second-order valence-electron chi connectivity index (χ2n) is 9.69. The molecule has 4 heterocycles. The Morgan fingerprint density at radius 3 is 2.43 bits per heavy atom. The summed E-state index contributed by atoms with van der Waals surface area (Å²) in [6, 6.07) is 20.7. The van der Waals surface area contributed by atoms with E-state index in [0.29, 0.717) is 36.4 Å². The molecule has 1 saturated heterocycles. The Kier molecular flexibility index (Phi) is 9.07. The third kappa shape index (κ3) is 6.80. The number of benzene rings is 2. The largest absolute Gasteiger partial charge is 0.366 e. The van der Waals surface area contributed by atoms with E-state index in [9.17, 15) is 28.1 Å². The monoisotopic (exact) mass is 637 g/mol. The van der Waals surface area contributed by atoms with Crippen LogP contribution in [0.5, 0.6) is 0 Å². The standard InChI is InChI=1S/C20H20N8O5S2.C7H7NO/c29-20(16-11-18(24-22-16)28(30)31)21-12-14-5-6-19(34-14)35(32,33)26-9-7-13(8-10-26)27-17-4-2-1-3-15(17)23-25-27;8-7(9)6-4-2-1-3-5-6/h1-6,11,13H,7-10,12H2,(H,21,29)(H,22,24);1-5H,(H2,8,9). The number of nitro groups is 1. The minimum atomic E-state index is -3.67. The molecular formula is C27H27N9O6S2. The molecule has 1 aliphatic heterocycles. The summed E-state index contributed by atoms with van der Waals surface area (Å²) in [6.07, 6.45) is 1.24. The van der Waals surface area contributed by atoms with Crippen LogP contribution in [-0.2, 0) is 16.6 Å². The van der Waals surface area contributed by atoms with Crippen molar-refractivity contribution in [1.29, 1.82) is 0 Å². The summed E-state index contributed by atoms with van der Waals surface area (Å²) in [5, 5.41) is 27.5. The van der Waals surface area contributed by atoms with E-state index >= 15 is 0 Å². The van der Waals surface area contributed by atoms with E-state index in [0.717, 1.165) is 28.4 Å². The molecule has 228 valence electrons. The Morgan fingerprint density at radius 1 is 1.07 bits per heavy atom. The maximum atomic E-state index is 13.2. The van der Waals surface area contributed by atoms with Crippen molar-refractivity contribution in [3.63, 3.8) is 0 Å². The normalized spacial score (nSPS) is 14.1. The van der Waals surface area contributed by atoms with Crippen LogP contribution in [0.2, 0.25) is 0 Å². The van der Waals surface area contributed by atoms with Crippen LogP contribution in [0.3, 0.4) is 0 Å². The Morgan fingerprint density at radius 2 is 1.77 bits per heavy atom. The molecule has 2 amide bonds. The van der Waals surface area contributed by atoms with Crippen molar-refractivity contribution >= 4 is 50.0 Å². The van der Waals surface area contributed by atoms with Gasteiger partial charge in [0, 0.05) is 23.5 Å². The fraction of sp³-hybridized carbons (Fsp3) is 0.222. The summed E-state index contributed by atoms with van der Waals surface area (Å²) >= 11 is 1.07. The Balaban J connectivity index is 0.000000367. The molecule has 0 radical (unpaired) electrons. The predicted octanol–water partition coefficient (Wildman–Crippen LogP) is 2.87. The van der Waals surface area contributed by atoms with E-state index in [1.54, 1.807) is 30.3 Å². The Bertz CT molecular complexity index is 1890. The summed E-state index contributed by atoms with van der Waals surface area (Å²) in [5.41, 5.74) is 7.15. The van der Waals surface area contributed by atoms with Crippen LogP contribution in [-0.4, -0.2) is 67.7 Å². The first-order valence-corrected chi connectivity index (χ1v) is 15.6. The molecule has 44 heavy (non-hydrogen) atoms. The van der Waals surface area contributed by atoms with Crippen LogP contribution in [0, 0.1) is 10.1 Å². The fourth-order valence-corrected chi connectivity index (χ4v) is 7.50. The minimum Gasteiger partial charge on any atom is -0.366 e. The number of thiophene rings is 1. The number of nitrogens with one attached hydrogen (secondary N) is 2. The number of primary amides is 1. The quantitative estimate of drug-likeness (QED) is 0.168. The number of nitrogens with two attached hydrogens (primary N) is 1. The number of carbonyl (C=O) groups excluding carboxylic acids is 2. The molecule has 0 saturated carbocycles. The van der Waals surface area contributed by atoms with E-state index in [-0.39, 0.29) is 34.2 Å². The van der Waals surface area contributed by atoms with Gasteiger partial charge in [-0.3, -0.25) is 9.59 Å². The first-order chi connectivity index (χ1) is 21.1. The topological polar surface area (TPSA) is 212 Å². The van der Waals surface area contributed by atoms with E-state index < -0.39 is 20.9 Å². The maximum Gasteiger partial charge on any atom is 0.343 e. The van der Waals surface area contributed by atoms with Crippen LogP contribution in [0.1, 0.15) is 44.6 Å². The number of nitrogens with zero attached hydrogens (tertiary/aromatic N) is 6. The zero-order valence-electron chi connectivity index (χ0n) is 23.1. The van der Waals surface area contributed by atoms with Crippen molar-refractivity contribution in [2.24, 2.45) is 5.73 Å². The number of aromatic amines is 1. The van der Waals surface area contributed by atoms with Crippen molar-refractivity contribution in [2.75, 3.05) is 13.1 Å². The molecule has 17 heteroatoms. The van der Waals surface area contributed by atoms with Crippen molar-refractivity contribution in [3.8, 4) is 0 Å². The van der Waals surface area contributed by atoms with Crippen LogP contribution >= 0.6 is 11.3 Å². The van der Waals surface area contributed by atoms with Gasteiger partial charge in [-0.2, -0.15) is 4.31 Å². The summed E-state index contributed by atoms with van der Waals surface area (Å²) in [4.78, 5) is 33.2. The molecule has 1 aliphatic rings. The number of fused-ring (bicyclic) bond motifs is 1. The molecule has 0 bridgehead atoms. The number of piperidine rings is 1. The van der Waals surface area contributed by atoms with Crippen molar-refractivity contribution in [3.05, 3.63) is 99.0 Å². The summed E-state index contributed by atoms with van der Waals surface area (Å²) < 4.78 is 29.9. The van der Waals surface area contributed by atoms with Crippen LogP contribution < -0.4 is 11.1 Å². The smallest absolute Gasteiger partial charge is 0.343 e. The van der Waals surface area contributed by atoms with E-state index in [4.69, 9.17) is 5.73 Å². The number of carbonyl (C=O) groups is 2. The third-order valence-electron chi connectivity index (χ3n) is 6.85. The van der Waals surface area contributed by atoms with E-state index in [2.05, 4.69) is 25.8 Å². The number of H-pyrrole nitrogens is 1. The summed E-state index contributed by atoms with van der Waals surface area (Å²) in [6.45, 7) is 0.799. The average molecular weight is 638 g/mol. The van der Waals surface area contributed by atoms with Gasteiger partial charge in [0.25, 0.3) is 15.9 Å². The van der Waals surface area contributed by atoms with Gasteiger partial charge >= 0.3 is 5.82 Å². The van der Waals surface area contributed by atoms with Gasteiger partial charge in [-0.05, 0) is 54.2 Å². The average Bonchev–Trinajstić information content (AvgIpc) is 3.81. The Hall–Kier alpha value is -5.00. The van der Waals surface area contributed by atoms with Crippen molar-refractivity contribution in [2.45, 2.75) is 29.6 Å². The molecule has 0 spiro atoms. The molecule has 6 rings (SSSR count). The first-order valence-electron chi connectivity index (χ1n) is 13.3. The number of hydrogen-bond donors (Lipinski definition) is 3. The number of rotatable bonds is 8. The molecular weight excluding hydrogens is 610 g/mol. The lowest BCUT2D eigenvalue weighted by Gasteiger charge is -2.30. The molecule has 2 aromatic carbocycles. The predicted molar refractivity (Wildman–Crippen MR) is 160 cm³/mol. The lowest BCUT2D eigenvalue weighted by molar-refractivity contribution is -0.389. The van der Waals surface area contributed by atoms with Crippen molar-refractivity contribution in [1.82, 2.24) is 34.8 Å². The van der Waals surface area contributed by atoms with E-state index in [1.165, 1.54) is 10.4 Å². The lowest BCUT2D eigenvalue weighted by atomic mass is 10.1. The van der Waals surface area contributed by atoms with Gasteiger partial charge < -0.3 is 21.2 Å². The lowest BCUT2D eigenvalue weighted by Crippen LogP contribution is -2.38. The molecule has 0 atom stereocenters. The molecule has 1 fully saturated rings. The van der Waals surface area contributed by atoms with Crippen molar-refractivity contribution < 1.29 is 22.9 Å². The molecule has 15 nitrogen and oxygen atoms in total. The first kappa shape index (κ1) is 30.5. The van der Waals surface area contributed by atoms with Gasteiger partial charge in [0.15, 0.2) is 5.69 Å². The number of amides is 2. The second kappa shape index (κ2) is 13.1. The summed E-state index contributed by atoms with van der Waals surface area (Å²) in [7, 11) is -3.67. The van der Waals surface area contributed by atoms with Gasteiger partial charge in [0.2, 0.25) is 5.91 Å². The Labute approximate surface area is 254 Å². The molecule has 0 unspecified atom stereocenters. The summed E-state index contributed by atoms with van der Waals surface area (Å²) in [5.74, 6) is -1.37. The SMILES string of the molecule is NC(=O)c1ccccc1.O=C(NCc1ccc(S(=O)(=O)N2CCC(n3nnc4ccccc43)CC2)s1)c1cc([N+](=O)[O-])[nH]n1. The molecule has 4 N–H and O–H groups in total. The number of hydrogen-bond acceptors (Lipinski definition) is 10. The molecule has 5 aromatic rings. The van der Waals surface area contributed by atoms with Gasteiger partial charge in [-0.1, -0.05) is 40.6 Å². The highest BCUT2D eigenvalue weighted by Gasteiger charge is 2.32.